The van der Waals surface area contributed by atoms with Crippen LogP contribution in [0.25, 0.3) is 0 Å². The summed E-state index contributed by atoms with van der Waals surface area (Å²) in [4.78, 5) is 47.9. The quantitative estimate of drug-likeness (QED) is 0.746. The van der Waals surface area contributed by atoms with Crippen LogP contribution in [0.3, 0.4) is 0 Å². The van der Waals surface area contributed by atoms with Crippen molar-refractivity contribution in [3.8, 4) is 0 Å². The van der Waals surface area contributed by atoms with Crippen LogP contribution in [0.4, 0.5) is 11.4 Å². The molecule has 0 radical (unpaired) electrons. The van der Waals surface area contributed by atoms with Crippen LogP contribution in [0.2, 0.25) is 0 Å². The SMILES string of the molecule is CCC(=O)Nc1cccc(NC(=O)Cn2ccc(=O)[nH]c2=O)c1. The maximum atomic E-state index is 12.0. The molecule has 0 bridgehead atoms. The van der Waals surface area contributed by atoms with Crippen LogP contribution in [0.1, 0.15) is 13.3 Å². The molecule has 0 aliphatic carbocycles. The van der Waals surface area contributed by atoms with Gasteiger partial charge in [0.15, 0.2) is 0 Å². The number of H-pyrrole nitrogens is 1. The molecule has 3 N–H and O–H groups in total. The molecule has 2 aromatic rings. The Labute approximate surface area is 131 Å². The van der Waals surface area contributed by atoms with Gasteiger partial charge in [-0.1, -0.05) is 13.0 Å². The number of aromatic amines is 1. The fraction of sp³-hybridized carbons (Fsp3) is 0.200. The van der Waals surface area contributed by atoms with Gasteiger partial charge in [0, 0.05) is 30.1 Å². The van der Waals surface area contributed by atoms with E-state index in [-0.39, 0.29) is 12.5 Å². The molecule has 1 aromatic heterocycles. The van der Waals surface area contributed by atoms with E-state index in [0.29, 0.717) is 17.8 Å². The van der Waals surface area contributed by atoms with Crippen molar-refractivity contribution in [2.75, 3.05) is 10.6 Å². The second-order valence-electron chi connectivity index (χ2n) is 4.77. The number of rotatable bonds is 5. The number of hydrogen-bond donors (Lipinski definition) is 3. The zero-order chi connectivity index (χ0) is 16.8. The van der Waals surface area contributed by atoms with Crippen molar-refractivity contribution in [1.82, 2.24) is 9.55 Å². The van der Waals surface area contributed by atoms with Gasteiger partial charge in [0.25, 0.3) is 5.56 Å². The number of hydrogen-bond acceptors (Lipinski definition) is 4. The van der Waals surface area contributed by atoms with E-state index >= 15 is 0 Å². The summed E-state index contributed by atoms with van der Waals surface area (Å²) in [5, 5.41) is 5.31. The topological polar surface area (TPSA) is 113 Å². The first-order chi connectivity index (χ1) is 11.0. The first-order valence-corrected chi connectivity index (χ1v) is 6.97. The van der Waals surface area contributed by atoms with Gasteiger partial charge in [0.2, 0.25) is 11.8 Å². The van der Waals surface area contributed by atoms with Crippen molar-refractivity contribution >= 4 is 23.2 Å². The average Bonchev–Trinajstić information content (AvgIpc) is 2.50. The summed E-state index contributed by atoms with van der Waals surface area (Å²) in [6.07, 6.45) is 1.60. The molecule has 120 valence electrons. The third kappa shape index (κ3) is 4.67. The number of aromatic nitrogens is 2. The molecule has 0 atom stereocenters. The maximum Gasteiger partial charge on any atom is 0.328 e. The lowest BCUT2D eigenvalue weighted by atomic mass is 10.2. The summed E-state index contributed by atoms with van der Waals surface area (Å²) in [7, 11) is 0. The van der Waals surface area contributed by atoms with Crippen LogP contribution in [-0.4, -0.2) is 21.4 Å². The van der Waals surface area contributed by atoms with Crippen LogP contribution in [0, 0.1) is 0 Å². The normalized spacial score (nSPS) is 10.1. The smallest absolute Gasteiger partial charge is 0.326 e. The lowest BCUT2D eigenvalue weighted by Crippen LogP contribution is -2.32. The first-order valence-electron chi connectivity index (χ1n) is 6.97. The predicted molar refractivity (Wildman–Crippen MR) is 85.3 cm³/mol. The van der Waals surface area contributed by atoms with Crippen LogP contribution >= 0.6 is 0 Å². The van der Waals surface area contributed by atoms with Crippen LogP contribution in [0.5, 0.6) is 0 Å². The summed E-state index contributed by atoms with van der Waals surface area (Å²) in [6.45, 7) is 1.50. The van der Waals surface area contributed by atoms with Gasteiger partial charge in [-0.05, 0) is 18.2 Å². The Morgan fingerprint density at radius 2 is 1.74 bits per heavy atom. The maximum absolute atomic E-state index is 12.0. The van der Waals surface area contributed by atoms with Gasteiger partial charge in [0.05, 0.1) is 0 Å². The highest BCUT2D eigenvalue weighted by Gasteiger charge is 2.06. The molecule has 0 aliphatic heterocycles. The van der Waals surface area contributed by atoms with Gasteiger partial charge >= 0.3 is 5.69 Å². The molecular formula is C15H16N4O4. The fourth-order valence-corrected chi connectivity index (χ4v) is 1.85. The van der Waals surface area contributed by atoms with Gasteiger partial charge in [-0.2, -0.15) is 0 Å². The summed E-state index contributed by atoms with van der Waals surface area (Å²) >= 11 is 0. The molecule has 1 heterocycles. The second kappa shape index (κ2) is 7.21. The number of carbonyl (C=O) groups excluding carboxylic acids is 2. The average molecular weight is 316 g/mol. The van der Waals surface area contributed by atoms with E-state index in [4.69, 9.17) is 0 Å². The van der Waals surface area contributed by atoms with Crippen molar-refractivity contribution in [3.63, 3.8) is 0 Å². The Balaban J connectivity index is 2.05. The van der Waals surface area contributed by atoms with E-state index in [1.807, 2.05) is 0 Å². The highest BCUT2D eigenvalue weighted by atomic mass is 16.2. The predicted octanol–water partition coefficient (Wildman–Crippen LogP) is 0.524. The molecule has 0 unspecified atom stereocenters. The third-order valence-electron chi connectivity index (χ3n) is 2.96. The molecule has 1 aromatic carbocycles. The minimum Gasteiger partial charge on any atom is -0.326 e. The minimum absolute atomic E-state index is 0.131. The summed E-state index contributed by atoms with van der Waals surface area (Å²) in [5.41, 5.74) is -0.125. The molecule has 0 aliphatic rings. The van der Waals surface area contributed by atoms with E-state index < -0.39 is 17.2 Å². The lowest BCUT2D eigenvalue weighted by Gasteiger charge is -2.09. The number of anilines is 2. The Morgan fingerprint density at radius 1 is 1.09 bits per heavy atom. The second-order valence-corrected chi connectivity index (χ2v) is 4.77. The number of benzene rings is 1. The summed E-state index contributed by atoms with van der Waals surface area (Å²) in [6, 6.07) is 7.83. The van der Waals surface area contributed by atoms with Crippen molar-refractivity contribution in [2.24, 2.45) is 0 Å². The molecule has 0 saturated carbocycles. The highest BCUT2D eigenvalue weighted by Crippen LogP contribution is 2.15. The van der Waals surface area contributed by atoms with Gasteiger partial charge < -0.3 is 10.6 Å². The Kier molecular flexibility index (Phi) is 5.08. The number of nitrogens with zero attached hydrogens (tertiary/aromatic N) is 1. The van der Waals surface area contributed by atoms with Crippen molar-refractivity contribution in [2.45, 2.75) is 19.9 Å². The van der Waals surface area contributed by atoms with Gasteiger partial charge in [-0.25, -0.2) is 4.79 Å². The van der Waals surface area contributed by atoms with Gasteiger partial charge in [0.1, 0.15) is 6.54 Å². The molecule has 2 rings (SSSR count). The Bertz CT molecular complexity index is 838. The molecule has 0 fully saturated rings. The van der Waals surface area contributed by atoms with Crippen molar-refractivity contribution in [1.29, 1.82) is 0 Å². The molecule has 8 heteroatoms. The Hall–Kier alpha value is -3.16. The van der Waals surface area contributed by atoms with Crippen LogP contribution < -0.4 is 21.9 Å². The molecule has 8 nitrogen and oxygen atoms in total. The Morgan fingerprint density at radius 3 is 2.35 bits per heavy atom. The third-order valence-corrected chi connectivity index (χ3v) is 2.96. The lowest BCUT2D eigenvalue weighted by molar-refractivity contribution is -0.117. The first kappa shape index (κ1) is 16.2. The van der Waals surface area contributed by atoms with Gasteiger partial charge in [-0.3, -0.25) is 23.9 Å². The largest absolute Gasteiger partial charge is 0.328 e. The number of amides is 2. The number of carbonyl (C=O) groups is 2. The van der Waals surface area contributed by atoms with Crippen LogP contribution in [0.15, 0.2) is 46.1 Å². The molecular weight excluding hydrogens is 300 g/mol. The van der Waals surface area contributed by atoms with E-state index in [0.717, 1.165) is 10.6 Å². The zero-order valence-corrected chi connectivity index (χ0v) is 12.5. The standard InChI is InChI=1S/C15H16N4O4/c1-2-12(20)16-10-4-3-5-11(8-10)17-14(22)9-19-7-6-13(21)18-15(19)23/h3-8H,2,9H2,1H3,(H,16,20)(H,17,22)(H,18,21,23). The van der Waals surface area contributed by atoms with Crippen molar-refractivity contribution in [3.05, 3.63) is 57.4 Å². The van der Waals surface area contributed by atoms with Gasteiger partial charge in [-0.15, -0.1) is 0 Å². The summed E-state index contributed by atoms with van der Waals surface area (Å²) < 4.78 is 1.08. The van der Waals surface area contributed by atoms with Crippen LogP contribution in [-0.2, 0) is 16.1 Å². The molecule has 2 amide bonds. The molecule has 0 saturated heterocycles. The zero-order valence-electron chi connectivity index (χ0n) is 12.5. The molecule has 23 heavy (non-hydrogen) atoms. The molecule has 0 spiro atoms. The van der Waals surface area contributed by atoms with E-state index in [1.165, 1.54) is 6.20 Å². The van der Waals surface area contributed by atoms with E-state index in [2.05, 4.69) is 15.6 Å². The highest BCUT2D eigenvalue weighted by molar-refractivity contribution is 5.93. The number of nitrogens with one attached hydrogen (secondary N) is 3. The van der Waals surface area contributed by atoms with E-state index in [1.54, 1.807) is 31.2 Å². The minimum atomic E-state index is -0.656. The van der Waals surface area contributed by atoms with E-state index in [9.17, 15) is 19.2 Å². The fourth-order valence-electron chi connectivity index (χ4n) is 1.85. The monoisotopic (exact) mass is 316 g/mol. The summed E-state index contributed by atoms with van der Waals surface area (Å²) in [5.74, 6) is -0.564. The van der Waals surface area contributed by atoms with Crippen molar-refractivity contribution < 1.29 is 9.59 Å².